The van der Waals surface area contributed by atoms with E-state index in [9.17, 15) is 14.4 Å². The Morgan fingerprint density at radius 3 is 2.33 bits per heavy atom. The van der Waals surface area contributed by atoms with Crippen LogP contribution in [-0.2, 0) is 20.8 Å². The normalized spacial score (nSPS) is 27.0. The molecule has 220 valence electrons. The minimum atomic E-state index is -0.373. The standard InChI is InChI=1S/C32H35N3O5S2/c1-3-19-4-7-24(8-5-19)33-28(36)18-40-25-9-6-20(13-26(25)39-2)14-27-29(37)35(31(41)42-27)34-30(38)32-15-21-10-22(16-32)12-23(11-21)17-32/h4-9,13-14,21-23H,3,10-12,15-18H2,1-2H3,(H,33,36)(H,34,38)/b27-14-. The Bertz CT molecular complexity index is 1420. The number of hydrogen-bond acceptors (Lipinski definition) is 7. The highest BCUT2D eigenvalue weighted by Gasteiger charge is 2.55. The Balaban J connectivity index is 1.08. The molecule has 4 saturated carbocycles. The first-order valence-electron chi connectivity index (χ1n) is 14.5. The summed E-state index contributed by atoms with van der Waals surface area (Å²) >= 11 is 6.65. The molecular weight excluding hydrogens is 571 g/mol. The molecule has 2 N–H and O–H groups in total. The fraction of sp³-hybridized carbons (Fsp3) is 0.438. The average molecular weight is 606 g/mol. The van der Waals surface area contributed by atoms with Gasteiger partial charge in [0, 0.05) is 5.69 Å². The number of thioether (sulfide) groups is 1. The highest BCUT2D eigenvalue weighted by atomic mass is 32.2. The van der Waals surface area contributed by atoms with E-state index in [1.165, 1.54) is 36.9 Å². The monoisotopic (exact) mass is 605 g/mol. The van der Waals surface area contributed by atoms with Crippen molar-refractivity contribution in [2.45, 2.75) is 51.9 Å². The molecular formula is C32H35N3O5S2. The van der Waals surface area contributed by atoms with Crippen molar-refractivity contribution in [3.8, 4) is 11.5 Å². The molecule has 1 aliphatic heterocycles. The van der Waals surface area contributed by atoms with Gasteiger partial charge in [-0.05, 0) is 116 Å². The number of rotatable bonds is 9. The van der Waals surface area contributed by atoms with E-state index in [1.54, 1.807) is 24.3 Å². The molecule has 5 fully saturated rings. The number of hydrogen-bond donors (Lipinski definition) is 2. The maximum Gasteiger partial charge on any atom is 0.285 e. The molecule has 0 aromatic heterocycles. The Kier molecular flexibility index (Phi) is 8.02. The van der Waals surface area contributed by atoms with Gasteiger partial charge in [-0.15, -0.1) is 0 Å². The van der Waals surface area contributed by atoms with Crippen LogP contribution < -0.4 is 20.2 Å². The van der Waals surface area contributed by atoms with Crippen molar-refractivity contribution in [1.82, 2.24) is 10.4 Å². The number of anilines is 1. The van der Waals surface area contributed by atoms with E-state index >= 15 is 0 Å². The number of nitrogens with zero attached hydrogens (tertiary/aromatic N) is 1. The van der Waals surface area contributed by atoms with Crippen molar-refractivity contribution in [2.24, 2.45) is 23.2 Å². The van der Waals surface area contributed by atoms with Gasteiger partial charge >= 0.3 is 0 Å². The van der Waals surface area contributed by atoms with Crippen molar-refractivity contribution < 1.29 is 23.9 Å². The number of amides is 3. The van der Waals surface area contributed by atoms with Gasteiger partial charge in [-0.1, -0.05) is 36.9 Å². The van der Waals surface area contributed by atoms with Gasteiger partial charge in [0.1, 0.15) is 0 Å². The van der Waals surface area contributed by atoms with Crippen molar-refractivity contribution in [2.75, 3.05) is 19.0 Å². The van der Waals surface area contributed by atoms with Crippen molar-refractivity contribution in [3.05, 3.63) is 58.5 Å². The first-order chi connectivity index (χ1) is 20.2. The van der Waals surface area contributed by atoms with Crippen molar-refractivity contribution in [1.29, 1.82) is 0 Å². The minimum absolute atomic E-state index is 0.0654. The number of nitrogens with one attached hydrogen (secondary N) is 2. The van der Waals surface area contributed by atoms with Crippen LogP contribution in [0.3, 0.4) is 0 Å². The molecule has 1 saturated heterocycles. The second kappa shape index (κ2) is 11.7. The van der Waals surface area contributed by atoms with Crippen LogP contribution in [0.1, 0.15) is 56.6 Å². The molecule has 2 aromatic carbocycles. The van der Waals surface area contributed by atoms with E-state index in [4.69, 9.17) is 21.7 Å². The van der Waals surface area contributed by atoms with Gasteiger partial charge < -0.3 is 14.8 Å². The molecule has 5 aliphatic rings. The Hall–Kier alpha value is -3.37. The number of benzene rings is 2. The lowest BCUT2D eigenvalue weighted by molar-refractivity contribution is -0.152. The molecule has 4 bridgehead atoms. The lowest BCUT2D eigenvalue weighted by Gasteiger charge is -2.55. The van der Waals surface area contributed by atoms with Crippen LogP contribution in [0.4, 0.5) is 5.69 Å². The third-order valence-electron chi connectivity index (χ3n) is 9.02. The van der Waals surface area contributed by atoms with E-state index in [0.29, 0.717) is 49.7 Å². The van der Waals surface area contributed by atoms with E-state index in [1.807, 2.05) is 24.3 Å². The third-order valence-corrected chi connectivity index (χ3v) is 10.3. The number of hydrazine groups is 1. The summed E-state index contributed by atoms with van der Waals surface area (Å²) in [7, 11) is 1.51. The Morgan fingerprint density at radius 1 is 1.05 bits per heavy atom. The Morgan fingerprint density at radius 2 is 1.71 bits per heavy atom. The molecule has 10 heteroatoms. The molecule has 3 amide bonds. The summed E-state index contributed by atoms with van der Waals surface area (Å²) in [6.45, 7) is 1.89. The highest BCUT2D eigenvalue weighted by Crippen LogP contribution is 2.60. The zero-order valence-electron chi connectivity index (χ0n) is 23.8. The number of carbonyl (C=O) groups is 3. The first kappa shape index (κ1) is 28.7. The van der Waals surface area contributed by atoms with Gasteiger partial charge in [-0.3, -0.25) is 19.8 Å². The van der Waals surface area contributed by atoms with Gasteiger partial charge in [0.05, 0.1) is 17.4 Å². The van der Waals surface area contributed by atoms with Gasteiger partial charge in [0.2, 0.25) is 5.91 Å². The summed E-state index contributed by atoms with van der Waals surface area (Å²) in [6.07, 6.45) is 9.11. The summed E-state index contributed by atoms with van der Waals surface area (Å²) in [5, 5.41) is 4.05. The predicted molar refractivity (Wildman–Crippen MR) is 167 cm³/mol. The molecule has 7 rings (SSSR count). The molecule has 8 nitrogen and oxygen atoms in total. The van der Waals surface area contributed by atoms with Crippen LogP contribution in [0.25, 0.3) is 6.08 Å². The third kappa shape index (κ3) is 5.79. The molecule has 0 atom stereocenters. The van der Waals surface area contributed by atoms with Gasteiger partial charge in [0.15, 0.2) is 22.4 Å². The highest BCUT2D eigenvalue weighted by molar-refractivity contribution is 8.26. The molecule has 2 aromatic rings. The summed E-state index contributed by atoms with van der Waals surface area (Å²) in [4.78, 5) is 39.6. The minimum Gasteiger partial charge on any atom is -0.493 e. The number of carbonyl (C=O) groups excluding carboxylic acids is 3. The van der Waals surface area contributed by atoms with Crippen LogP contribution in [0.5, 0.6) is 11.5 Å². The summed E-state index contributed by atoms with van der Waals surface area (Å²) in [6, 6.07) is 12.9. The number of methoxy groups -OCH3 is 1. The quantitative estimate of drug-likeness (QED) is 0.279. The van der Waals surface area contributed by atoms with Gasteiger partial charge in [-0.2, -0.15) is 5.01 Å². The zero-order chi connectivity index (χ0) is 29.4. The van der Waals surface area contributed by atoms with E-state index in [2.05, 4.69) is 17.7 Å². The fourth-order valence-corrected chi connectivity index (χ4v) is 8.56. The number of aryl methyl sites for hydroxylation is 1. The topological polar surface area (TPSA) is 97.0 Å². The SMILES string of the molecule is CCc1ccc(NC(=O)COc2ccc(/C=C3\SC(=S)N(NC(=O)C45CC6CC(CC(C6)C4)C5)C3=O)cc2OC)cc1. The number of thiocarbonyl (C=S) groups is 1. The smallest absolute Gasteiger partial charge is 0.285 e. The second-order valence-electron chi connectivity index (χ2n) is 12.0. The zero-order valence-corrected chi connectivity index (χ0v) is 25.4. The average Bonchev–Trinajstić information content (AvgIpc) is 3.23. The second-order valence-corrected chi connectivity index (χ2v) is 13.6. The van der Waals surface area contributed by atoms with Crippen LogP contribution in [0.2, 0.25) is 0 Å². The largest absolute Gasteiger partial charge is 0.493 e. The van der Waals surface area contributed by atoms with Crippen molar-refractivity contribution >= 4 is 57.8 Å². The molecule has 4 aliphatic carbocycles. The van der Waals surface area contributed by atoms with E-state index in [0.717, 1.165) is 37.4 Å². The first-order valence-corrected chi connectivity index (χ1v) is 15.8. The molecule has 0 unspecified atom stereocenters. The lowest BCUT2D eigenvalue weighted by atomic mass is 9.49. The predicted octanol–water partition coefficient (Wildman–Crippen LogP) is 5.72. The lowest BCUT2D eigenvalue weighted by Crippen LogP contribution is -2.57. The molecule has 42 heavy (non-hydrogen) atoms. The van der Waals surface area contributed by atoms with E-state index < -0.39 is 0 Å². The maximum atomic E-state index is 13.5. The van der Waals surface area contributed by atoms with Gasteiger partial charge in [-0.25, -0.2) is 0 Å². The van der Waals surface area contributed by atoms with Crippen LogP contribution >= 0.6 is 24.0 Å². The molecule has 0 radical (unpaired) electrons. The number of ether oxygens (including phenoxy) is 2. The fourth-order valence-electron chi connectivity index (χ4n) is 7.38. The Labute approximate surface area is 255 Å². The van der Waals surface area contributed by atoms with Crippen LogP contribution in [0.15, 0.2) is 47.4 Å². The molecule has 1 heterocycles. The molecule has 0 spiro atoms. The summed E-state index contributed by atoms with van der Waals surface area (Å²) < 4.78 is 11.5. The van der Waals surface area contributed by atoms with E-state index in [-0.39, 0.29) is 29.7 Å². The summed E-state index contributed by atoms with van der Waals surface area (Å²) in [5.74, 6) is 2.02. The van der Waals surface area contributed by atoms with Crippen LogP contribution in [-0.4, -0.2) is 40.8 Å². The van der Waals surface area contributed by atoms with Gasteiger partial charge in [0.25, 0.3) is 11.8 Å². The van der Waals surface area contributed by atoms with Crippen LogP contribution in [0, 0.1) is 23.2 Å². The summed E-state index contributed by atoms with van der Waals surface area (Å²) in [5.41, 5.74) is 5.12. The van der Waals surface area contributed by atoms with Crippen molar-refractivity contribution in [3.63, 3.8) is 0 Å². The maximum absolute atomic E-state index is 13.5.